The van der Waals surface area contributed by atoms with E-state index in [0.29, 0.717) is 18.1 Å². The molecule has 2 aromatic carbocycles. The van der Waals surface area contributed by atoms with Crippen LogP contribution in [0.1, 0.15) is 96.5 Å². The third-order valence-corrected chi connectivity index (χ3v) is 17.3. The minimum absolute atomic E-state index is 0.0299. The molecule has 236 valence electrons. The number of ether oxygens (including phenoxy) is 1. The standard InChI is InChI=1S/C37H60F2OSi2/c1-8-12-30-13-15-31(16-14-30)32-17-19-33(20-18-32)34-21-22-35(37(39)36(34)38)40-24-10-11-25-41(4,5)27-28-42(6,7)26-23-29(3)9-2/h17-22,29-31H,8-16,23-28H2,1-7H3. The minimum Gasteiger partial charge on any atom is -0.490 e. The topological polar surface area (TPSA) is 9.23 Å². The van der Waals surface area contributed by atoms with Crippen LogP contribution in [0.15, 0.2) is 36.4 Å². The number of unbranched alkanes of at least 4 members (excludes halogenated alkanes) is 1. The van der Waals surface area contributed by atoms with E-state index < -0.39 is 27.8 Å². The van der Waals surface area contributed by atoms with Crippen LogP contribution < -0.4 is 4.74 Å². The van der Waals surface area contributed by atoms with Gasteiger partial charge in [0.25, 0.3) is 0 Å². The van der Waals surface area contributed by atoms with Gasteiger partial charge in [-0.2, -0.15) is 4.39 Å². The highest BCUT2D eigenvalue weighted by atomic mass is 28.3. The number of rotatable bonds is 17. The first-order valence-corrected chi connectivity index (χ1v) is 24.0. The van der Waals surface area contributed by atoms with Crippen LogP contribution in [-0.2, 0) is 0 Å². The quantitative estimate of drug-likeness (QED) is 0.127. The zero-order valence-corrected chi connectivity index (χ0v) is 30.0. The van der Waals surface area contributed by atoms with E-state index in [4.69, 9.17) is 4.74 Å². The molecule has 5 heteroatoms. The van der Waals surface area contributed by atoms with Crippen molar-refractivity contribution in [3.63, 3.8) is 0 Å². The van der Waals surface area contributed by atoms with Crippen LogP contribution in [0.3, 0.4) is 0 Å². The monoisotopic (exact) mass is 614 g/mol. The van der Waals surface area contributed by atoms with Crippen LogP contribution in [0.5, 0.6) is 5.75 Å². The molecule has 1 unspecified atom stereocenters. The molecule has 0 aliphatic heterocycles. The van der Waals surface area contributed by atoms with Gasteiger partial charge in [-0.05, 0) is 73.1 Å². The van der Waals surface area contributed by atoms with Crippen molar-refractivity contribution >= 4 is 16.1 Å². The van der Waals surface area contributed by atoms with E-state index in [1.807, 2.05) is 12.1 Å². The van der Waals surface area contributed by atoms with Crippen molar-refractivity contribution in [2.75, 3.05) is 6.61 Å². The molecule has 3 rings (SSSR count). The van der Waals surface area contributed by atoms with E-state index in [1.54, 1.807) is 12.1 Å². The van der Waals surface area contributed by atoms with Crippen molar-refractivity contribution in [3.8, 4) is 16.9 Å². The molecule has 1 fully saturated rings. The van der Waals surface area contributed by atoms with Crippen LogP contribution in [0, 0.1) is 23.5 Å². The van der Waals surface area contributed by atoms with Crippen molar-refractivity contribution in [3.05, 3.63) is 53.6 Å². The Hall–Kier alpha value is -1.47. The number of hydrogen-bond donors (Lipinski definition) is 0. The summed E-state index contributed by atoms with van der Waals surface area (Å²) in [5.41, 5.74) is 2.36. The second-order valence-electron chi connectivity index (χ2n) is 15.1. The van der Waals surface area contributed by atoms with E-state index >= 15 is 4.39 Å². The largest absolute Gasteiger partial charge is 0.490 e. The van der Waals surface area contributed by atoms with Crippen LogP contribution >= 0.6 is 0 Å². The first kappa shape index (κ1) is 35.0. The Kier molecular flexibility index (Phi) is 13.8. The first-order chi connectivity index (χ1) is 19.9. The molecule has 0 spiro atoms. The molecule has 0 heterocycles. The molecular weight excluding hydrogens is 555 g/mol. The molecular formula is C37H60F2OSi2. The Morgan fingerprint density at radius 2 is 1.43 bits per heavy atom. The van der Waals surface area contributed by atoms with Gasteiger partial charge in [-0.15, -0.1) is 0 Å². The fourth-order valence-corrected chi connectivity index (χ4v) is 15.0. The van der Waals surface area contributed by atoms with E-state index in [9.17, 15) is 4.39 Å². The zero-order valence-electron chi connectivity index (χ0n) is 28.0. The Morgan fingerprint density at radius 3 is 2.05 bits per heavy atom. The molecule has 0 amide bonds. The highest BCUT2D eigenvalue weighted by Crippen LogP contribution is 2.38. The van der Waals surface area contributed by atoms with Gasteiger partial charge >= 0.3 is 0 Å². The maximum absolute atomic E-state index is 15.1. The minimum atomic E-state index is -1.25. The lowest BCUT2D eigenvalue weighted by Crippen LogP contribution is -2.32. The molecule has 0 bridgehead atoms. The summed E-state index contributed by atoms with van der Waals surface area (Å²) in [6.45, 7) is 17.6. The molecule has 1 saturated carbocycles. The molecule has 42 heavy (non-hydrogen) atoms. The first-order valence-electron chi connectivity index (χ1n) is 17.2. The van der Waals surface area contributed by atoms with E-state index in [-0.39, 0.29) is 5.75 Å². The summed E-state index contributed by atoms with van der Waals surface area (Å²) < 4.78 is 35.8. The molecule has 0 saturated heterocycles. The average molecular weight is 615 g/mol. The Labute approximate surface area is 259 Å². The zero-order chi connectivity index (χ0) is 30.8. The summed E-state index contributed by atoms with van der Waals surface area (Å²) in [4.78, 5) is 0. The van der Waals surface area contributed by atoms with Crippen molar-refractivity contribution < 1.29 is 13.5 Å². The lowest BCUT2D eigenvalue weighted by atomic mass is 9.77. The van der Waals surface area contributed by atoms with Crippen molar-refractivity contribution in [2.45, 2.75) is 141 Å². The fourth-order valence-electron chi connectivity index (χ4n) is 6.65. The summed E-state index contributed by atoms with van der Waals surface area (Å²) >= 11 is 0. The van der Waals surface area contributed by atoms with Gasteiger partial charge in [-0.25, -0.2) is 4.39 Å². The van der Waals surface area contributed by atoms with E-state index in [0.717, 1.165) is 30.2 Å². The van der Waals surface area contributed by atoms with Gasteiger partial charge in [0, 0.05) is 21.7 Å². The summed E-state index contributed by atoms with van der Waals surface area (Å²) in [7, 11) is -2.36. The summed E-state index contributed by atoms with van der Waals surface area (Å²) in [6.07, 6.45) is 12.4. The number of benzene rings is 2. The van der Waals surface area contributed by atoms with Crippen LogP contribution in [-0.4, -0.2) is 22.8 Å². The second-order valence-corrected chi connectivity index (χ2v) is 25.7. The average Bonchev–Trinajstić information content (AvgIpc) is 2.98. The van der Waals surface area contributed by atoms with Crippen LogP contribution in [0.4, 0.5) is 8.78 Å². The fraction of sp³-hybridized carbons (Fsp3) is 0.676. The number of halogens is 2. The molecule has 1 aliphatic rings. The predicted octanol–water partition coefficient (Wildman–Crippen LogP) is 12.7. The summed E-state index contributed by atoms with van der Waals surface area (Å²) in [5.74, 6) is 0.671. The molecule has 0 radical (unpaired) electrons. The van der Waals surface area contributed by atoms with Gasteiger partial charge in [0.15, 0.2) is 11.6 Å². The van der Waals surface area contributed by atoms with Crippen LogP contribution in [0.2, 0.25) is 50.4 Å². The van der Waals surface area contributed by atoms with Crippen molar-refractivity contribution in [2.24, 2.45) is 11.8 Å². The molecule has 1 atom stereocenters. The van der Waals surface area contributed by atoms with Gasteiger partial charge in [-0.1, -0.05) is 128 Å². The Balaban J connectivity index is 1.44. The van der Waals surface area contributed by atoms with Gasteiger partial charge in [0.1, 0.15) is 0 Å². The Bertz CT molecular complexity index is 1070. The molecule has 0 aromatic heterocycles. The highest BCUT2D eigenvalue weighted by Gasteiger charge is 2.27. The lowest BCUT2D eigenvalue weighted by molar-refractivity contribution is 0.289. The molecule has 2 aromatic rings. The lowest BCUT2D eigenvalue weighted by Gasteiger charge is -2.29. The number of hydrogen-bond acceptors (Lipinski definition) is 1. The maximum atomic E-state index is 15.1. The SMILES string of the molecule is CCCC1CCC(c2ccc(-c3ccc(OCCCC[Si](C)(C)CC[Si](C)(C)CCC(C)CC)c(F)c3F)cc2)CC1. The normalized spacial score (nSPS) is 18.7. The van der Waals surface area contributed by atoms with Crippen LogP contribution in [0.25, 0.3) is 11.1 Å². The van der Waals surface area contributed by atoms with E-state index in [2.05, 4.69) is 59.1 Å². The van der Waals surface area contributed by atoms with Gasteiger partial charge < -0.3 is 4.74 Å². The van der Waals surface area contributed by atoms with Gasteiger partial charge in [-0.3, -0.25) is 0 Å². The molecule has 0 N–H and O–H groups in total. The Morgan fingerprint density at radius 1 is 0.786 bits per heavy atom. The molecule has 1 nitrogen and oxygen atoms in total. The maximum Gasteiger partial charge on any atom is 0.201 e. The highest BCUT2D eigenvalue weighted by molar-refractivity contribution is 6.82. The third kappa shape index (κ3) is 10.9. The molecule has 1 aliphatic carbocycles. The van der Waals surface area contributed by atoms with Gasteiger partial charge in [0.05, 0.1) is 6.61 Å². The summed E-state index contributed by atoms with van der Waals surface area (Å²) in [5, 5.41) is 0. The van der Waals surface area contributed by atoms with Crippen molar-refractivity contribution in [1.82, 2.24) is 0 Å². The smallest absolute Gasteiger partial charge is 0.201 e. The van der Waals surface area contributed by atoms with E-state index in [1.165, 1.54) is 81.1 Å². The summed E-state index contributed by atoms with van der Waals surface area (Å²) in [6, 6.07) is 17.0. The van der Waals surface area contributed by atoms with Gasteiger partial charge in [0.2, 0.25) is 5.82 Å². The van der Waals surface area contributed by atoms with Crippen molar-refractivity contribution in [1.29, 1.82) is 0 Å². The second kappa shape index (κ2) is 16.6. The third-order valence-electron chi connectivity index (χ3n) is 10.3. The predicted molar refractivity (Wildman–Crippen MR) is 184 cm³/mol.